The molecule has 0 saturated carbocycles. The number of rotatable bonds is 3. The molecule has 0 bridgehead atoms. The summed E-state index contributed by atoms with van der Waals surface area (Å²) in [5, 5.41) is 20.8. The van der Waals surface area contributed by atoms with E-state index >= 15 is 0 Å². The molecule has 0 saturated heterocycles. The Morgan fingerprint density at radius 2 is 2.00 bits per heavy atom. The van der Waals surface area contributed by atoms with Crippen LogP contribution in [0.1, 0.15) is 26.5 Å². The van der Waals surface area contributed by atoms with E-state index in [1.54, 1.807) is 13.0 Å². The Bertz CT molecular complexity index is 644. The minimum atomic E-state index is -1.24. The van der Waals surface area contributed by atoms with Crippen molar-refractivity contribution in [3.63, 3.8) is 0 Å². The number of hydrogen-bond acceptors (Lipinski definition) is 4. The number of carbonyl (C=O) groups is 2. The Morgan fingerprint density at radius 3 is 2.53 bits per heavy atom. The average Bonchev–Trinajstić information content (AvgIpc) is 2.75. The minimum absolute atomic E-state index is 0.168. The van der Waals surface area contributed by atoms with E-state index in [1.165, 1.54) is 24.5 Å². The van der Waals surface area contributed by atoms with Gasteiger partial charge in [-0.15, -0.1) is 0 Å². The fraction of sp³-hybridized carbons (Fsp3) is 0.0769. The first-order chi connectivity index (χ1) is 8.99. The normalized spacial score (nSPS) is 10.2. The molecule has 0 aliphatic rings. The smallest absolute Gasteiger partial charge is 0.339 e. The highest BCUT2D eigenvalue weighted by Crippen LogP contribution is 2.22. The number of aromatic carboxylic acids is 1. The summed E-state index contributed by atoms with van der Waals surface area (Å²) in [5.74, 6) is -1.95. The number of carbonyl (C=O) groups excluding carboxylic acids is 1. The van der Waals surface area contributed by atoms with Gasteiger partial charge < -0.3 is 19.9 Å². The second-order valence-corrected chi connectivity index (χ2v) is 3.92. The molecule has 0 unspecified atom stereocenters. The van der Waals surface area contributed by atoms with Gasteiger partial charge in [0.25, 0.3) is 5.91 Å². The third-order valence-electron chi connectivity index (χ3n) is 2.55. The molecule has 0 aliphatic heterocycles. The molecule has 0 atom stereocenters. The molecule has 0 aliphatic carbocycles. The zero-order chi connectivity index (χ0) is 14.0. The lowest BCUT2D eigenvalue weighted by Crippen LogP contribution is -2.12. The molecule has 98 valence electrons. The van der Waals surface area contributed by atoms with Gasteiger partial charge in [0.05, 0.1) is 6.26 Å². The van der Waals surface area contributed by atoms with E-state index in [4.69, 9.17) is 9.52 Å². The van der Waals surface area contributed by atoms with Gasteiger partial charge in [-0.1, -0.05) is 0 Å². The number of carboxylic acids is 1. The summed E-state index contributed by atoms with van der Waals surface area (Å²) in [4.78, 5) is 22.5. The molecule has 1 aromatic carbocycles. The summed E-state index contributed by atoms with van der Waals surface area (Å²) >= 11 is 0. The van der Waals surface area contributed by atoms with Crippen LogP contribution < -0.4 is 5.32 Å². The summed E-state index contributed by atoms with van der Waals surface area (Å²) in [5.41, 5.74) is 0.736. The molecule has 0 spiro atoms. The first-order valence-electron chi connectivity index (χ1n) is 5.41. The quantitative estimate of drug-likeness (QED) is 0.786. The highest BCUT2D eigenvalue weighted by atomic mass is 16.4. The van der Waals surface area contributed by atoms with Gasteiger partial charge in [-0.05, 0) is 25.1 Å². The Labute approximate surface area is 108 Å². The first kappa shape index (κ1) is 12.7. The number of furan rings is 1. The van der Waals surface area contributed by atoms with Crippen molar-refractivity contribution in [1.82, 2.24) is 0 Å². The van der Waals surface area contributed by atoms with E-state index in [2.05, 4.69) is 5.32 Å². The van der Waals surface area contributed by atoms with Gasteiger partial charge in [-0.25, -0.2) is 4.79 Å². The third kappa shape index (κ3) is 2.57. The lowest BCUT2D eigenvalue weighted by Gasteiger charge is -2.06. The van der Waals surface area contributed by atoms with E-state index in [0.29, 0.717) is 5.56 Å². The fourth-order valence-corrected chi connectivity index (χ4v) is 1.58. The standard InChI is InChI=1S/C13H11NO5/c1-7-4-5-19-11(7)12(16)14-8-2-3-9(13(17)18)10(15)6-8/h2-6,15H,1H3,(H,14,16)(H,17,18). The summed E-state index contributed by atoms with van der Waals surface area (Å²) in [6.45, 7) is 1.73. The molecular weight excluding hydrogens is 250 g/mol. The van der Waals surface area contributed by atoms with E-state index in [9.17, 15) is 14.7 Å². The van der Waals surface area contributed by atoms with Crippen LogP contribution in [-0.2, 0) is 0 Å². The number of benzene rings is 1. The van der Waals surface area contributed by atoms with Crippen molar-refractivity contribution in [2.75, 3.05) is 5.32 Å². The van der Waals surface area contributed by atoms with Crippen LogP contribution in [-0.4, -0.2) is 22.1 Å². The predicted molar refractivity (Wildman–Crippen MR) is 66.5 cm³/mol. The van der Waals surface area contributed by atoms with Gasteiger partial charge in [0, 0.05) is 17.3 Å². The minimum Gasteiger partial charge on any atom is -0.507 e. The number of anilines is 1. The van der Waals surface area contributed by atoms with Crippen LogP contribution in [0, 0.1) is 6.92 Å². The van der Waals surface area contributed by atoms with Gasteiger partial charge >= 0.3 is 5.97 Å². The van der Waals surface area contributed by atoms with E-state index in [1.807, 2.05) is 0 Å². The van der Waals surface area contributed by atoms with E-state index in [-0.39, 0.29) is 17.0 Å². The second kappa shape index (κ2) is 4.85. The molecule has 1 heterocycles. The molecule has 3 N–H and O–H groups in total. The van der Waals surface area contributed by atoms with Crippen LogP contribution in [0.2, 0.25) is 0 Å². The summed E-state index contributed by atoms with van der Waals surface area (Å²) < 4.78 is 5.02. The van der Waals surface area contributed by atoms with Crippen LogP contribution in [0.5, 0.6) is 5.75 Å². The second-order valence-electron chi connectivity index (χ2n) is 3.92. The van der Waals surface area contributed by atoms with E-state index < -0.39 is 17.6 Å². The molecule has 2 rings (SSSR count). The number of phenols is 1. The lowest BCUT2D eigenvalue weighted by atomic mass is 10.2. The molecule has 1 amide bonds. The Morgan fingerprint density at radius 1 is 1.26 bits per heavy atom. The number of aryl methyl sites for hydroxylation is 1. The van der Waals surface area contributed by atoms with Gasteiger partial charge in [0.15, 0.2) is 5.76 Å². The summed E-state index contributed by atoms with van der Waals surface area (Å²) in [6, 6.07) is 5.42. The SMILES string of the molecule is Cc1ccoc1C(=O)Nc1ccc(C(=O)O)c(O)c1. The lowest BCUT2D eigenvalue weighted by molar-refractivity contribution is 0.0693. The maximum Gasteiger partial charge on any atom is 0.339 e. The van der Waals surface area contributed by atoms with E-state index in [0.717, 1.165) is 0 Å². The van der Waals surface area contributed by atoms with Crippen molar-refractivity contribution in [1.29, 1.82) is 0 Å². The molecule has 6 heteroatoms. The predicted octanol–water partition coefficient (Wildman–Crippen LogP) is 2.24. The monoisotopic (exact) mass is 261 g/mol. The Hall–Kier alpha value is -2.76. The molecule has 2 aromatic rings. The zero-order valence-electron chi connectivity index (χ0n) is 10.0. The topological polar surface area (TPSA) is 99.8 Å². The fourth-order valence-electron chi connectivity index (χ4n) is 1.58. The summed E-state index contributed by atoms with van der Waals surface area (Å²) in [6.07, 6.45) is 1.40. The van der Waals surface area contributed by atoms with Gasteiger partial charge in [0.1, 0.15) is 11.3 Å². The molecular formula is C13H11NO5. The molecule has 6 nitrogen and oxygen atoms in total. The van der Waals surface area contributed by atoms with Crippen molar-refractivity contribution in [3.05, 3.63) is 47.4 Å². The zero-order valence-corrected chi connectivity index (χ0v) is 10.0. The Balaban J connectivity index is 2.21. The highest BCUT2D eigenvalue weighted by molar-refractivity contribution is 6.03. The average molecular weight is 261 g/mol. The van der Waals surface area contributed by atoms with Crippen molar-refractivity contribution in [2.24, 2.45) is 0 Å². The van der Waals surface area contributed by atoms with Crippen molar-refractivity contribution < 1.29 is 24.2 Å². The van der Waals surface area contributed by atoms with Crippen molar-refractivity contribution in [3.8, 4) is 5.75 Å². The van der Waals surface area contributed by atoms with Crippen LogP contribution in [0.25, 0.3) is 0 Å². The number of aromatic hydroxyl groups is 1. The van der Waals surface area contributed by atoms with Crippen molar-refractivity contribution in [2.45, 2.75) is 6.92 Å². The molecule has 0 radical (unpaired) electrons. The van der Waals surface area contributed by atoms with Crippen LogP contribution in [0.4, 0.5) is 5.69 Å². The Kier molecular flexibility index (Phi) is 3.24. The van der Waals surface area contributed by atoms with Gasteiger partial charge in [-0.3, -0.25) is 4.79 Å². The molecule has 1 aromatic heterocycles. The number of hydrogen-bond donors (Lipinski definition) is 3. The van der Waals surface area contributed by atoms with Crippen LogP contribution >= 0.6 is 0 Å². The largest absolute Gasteiger partial charge is 0.507 e. The van der Waals surface area contributed by atoms with Crippen LogP contribution in [0.15, 0.2) is 34.9 Å². The third-order valence-corrected chi connectivity index (χ3v) is 2.55. The first-order valence-corrected chi connectivity index (χ1v) is 5.41. The number of amides is 1. The number of carboxylic acid groups (broad SMARTS) is 1. The number of nitrogens with one attached hydrogen (secondary N) is 1. The highest BCUT2D eigenvalue weighted by Gasteiger charge is 2.14. The maximum absolute atomic E-state index is 11.8. The maximum atomic E-state index is 11.8. The summed E-state index contributed by atoms with van der Waals surface area (Å²) in [7, 11) is 0. The van der Waals surface area contributed by atoms with Crippen LogP contribution in [0.3, 0.4) is 0 Å². The van der Waals surface area contributed by atoms with Crippen molar-refractivity contribution >= 4 is 17.6 Å². The molecule has 0 fully saturated rings. The van der Waals surface area contributed by atoms with Gasteiger partial charge in [0.2, 0.25) is 0 Å². The molecule has 19 heavy (non-hydrogen) atoms. The van der Waals surface area contributed by atoms with Gasteiger partial charge in [-0.2, -0.15) is 0 Å².